The molecule has 0 saturated heterocycles. The number of ether oxygens (including phenoxy) is 1. The molecule has 0 fully saturated rings. The third kappa shape index (κ3) is 14.1. The van der Waals surface area contributed by atoms with Crippen molar-refractivity contribution < 1.29 is 9.53 Å². The molecule has 0 aliphatic heterocycles. The van der Waals surface area contributed by atoms with E-state index in [0.29, 0.717) is 12.2 Å². The first kappa shape index (κ1) is 14.7. The van der Waals surface area contributed by atoms with Crippen LogP contribution in [0.1, 0.15) is 20.8 Å². The Labute approximate surface area is 81.4 Å². The Hall–Kier alpha value is -0.830. The van der Waals surface area contributed by atoms with E-state index in [1.54, 1.807) is 13.8 Å². The third-order valence-corrected chi connectivity index (χ3v) is 1.26. The number of esters is 1. The summed E-state index contributed by atoms with van der Waals surface area (Å²) in [5, 5.41) is 0. The molecule has 0 N–H and O–H groups in total. The minimum Gasteiger partial charge on any atom is -0.463 e. The van der Waals surface area contributed by atoms with Crippen molar-refractivity contribution in [1.29, 1.82) is 0 Å². The van der Waals surface area contributed by atoms with Crippen LogP contribution < -0.4 is 0 Å². The van der Waals surface area contributed by atoms with Gasteiger partial charge >= 0.3 is 5.97 Å². The molecule has 0 amide bonds. The number of carbonyl (C=O) groups excluding carboxylic acids is 1. The van der Waals surface area contributed by atoms with Crippen LogP contribution in [0, 0.1) is 0 Å². The Kier molecular flexibility index (Phi) is 10.5. The van der Waals surface area contributed by atoms with Gasteiger partial charge in [-0.25, -0.2) is 4.79 Å². The zero-order chi connectivity index (χ0) is 10.9. The van der Waals surface area contributed by atoms with Crippen LogP contribution in [0.15, 0.2) is 12.2 Å². The molecule has 0 spiro atoms. The summed E-state index contributed by atoms with van der Waals surface area (Å²) in [4.78, 5) is 12.5. The fourth-order valence-corrected chi connectivity index (χ4v) is 0.254. The van der Waals surface area contributed by atoms with Gasteiger partial charge in [-0.2, -0.15) is 0 Å². The average Bonchev–Trinajstić information content (AvgIpc) is 2.06. The summed E-state index contributed by atoms with van der Waals surface area (Å²) in [7, 11) is 4.11. The van der Waals surface area contributed by atoms with Crippen LogP contribution in [0.25, 0.3) is 0 Å². The van der Waals surface area contributed by atoms with Gasteiger partial charge in [-0.1, -0.05) is 13.5 Å². The molecule has 0 aromatic carbocycles. The quantitative estimate of drug-likeness (QED) is 0.497. The molecule has 0 aliphatic rings. The number of hydrogen-bond acceptors (Lipinski definition) is 3. The molecule has 0 unspecified atom stereocenters. The van der Waals surface area contributed by atoms with Gasteiger partial charge in [-0.3, -0.25) is 0 Å². The van der Waals surface area contributed by atoms with Gasteiger partial charge < -0.3 is 9.64 Å². The van der Waals surface area contributed by atoms with Crippen LogP contribution >= 0.6 is 0 Å². The van der Waals surface area contributed by atoms with Gasteiger partial charge in [0.1, 0.15) is 0 Å². The van der Waals surface area contributed by atoms with E-state index in [0.717, 1.165) is 6.54 Å². The molecule has 0 radical (unpaired) electrons. The highest BCUT2D eigenvalue weighted by atomic mass is 16.5. The average molecular weight is 187 g/mol. The Balaban J connectivity index is 0. The van der Waals surface area contributed by atoms with Crippen molar-refractivity contribution in [2.45, 2.75) is 20.8 Å². The van der Waals surface area contributed by atoms with Gasteiger partial charge in [-0.05, 0) is 34.5 Å². The summed E-state index contributed by atoms with van der Waals surface area (Å²) in [5.41, 5.74) is 0.451. The SMILES string of the molecule is C=C(C)C(=O)OCC.CCN(C)C. The van der Waals surface area contributed by atoms with E-state index in [1.165, 1.54) is 0 Å². The van der Waals surface area contributed by atoms with Crippen LogP contribution in [-0.2, 0) is 9.53 Å². The molecule has 3 heteroatoms. The van der Waals surface area contributed by atoms with E-state index in [1.807, 2.05) is 0 Å². The highest BCUT2D eigenvalue weighted by Gasteiger charge is 1.98. The second-order valence-corrected chi connectivity index (χ2v) is 2.90. The minimum atomic E-state index is -0.312. The molecule has 0 atom stereocenters. The summed E-state index contributed by atoms with van der Waals surface area (Å²) in [6, 6.07) is 0. The van der Waals surface area contributed by atoms with Crippen molar-refractivity contribution in [2.24, 2.45) is 0 Å². The van der Waals surface area contributed by atoms with Crippen molar-refractivity contribution in [1.82, 2.24) is 4.90 Å². The summed E-state index contributed by atoms with van der Waals surface area (Å²) < 4.78 is 4.56. The Morgan fingerprint density at radius 3 is 1.85 bits per heavy atom. The lowest BCUT2D eigenvalue weighted by Crippen LogP contribution is -2.08. The number of carbonyl (C=O) groups is 1. The lowest BCUT2D eigenvalue weighted by molar-refractivity contribution is -0.138. The highest BCUT2D eigenvalue weighted by molar-refractivity contribution is 5.86. The maximum Gasteiger partial charge on any atom is 0.333 e. The van der Waals surface area contributed by atoms with Crippen molar-refractivity contribution in [3.63, 3.8) is 0 Å². The Bertz CT molecular complexity index is 153. The first-order valence-electron chi connectivity index (χ1n) is 4.43. The molecule has 13 heavy (non-hydrogen) atoms. The van der Waals surface area contributed by atoms with Crippen molar-refractivity contribution in [3.05, 3.63) is 12.2 Å². The zero-order valence-corrected chi connectivity index (χ0v) is 9.39. The molecule has 0 aromatic rings. The van der Waals surface area contributed by atoms with E-state index in [4.69, 9.17) is 0 Å². The summed E-state index contributed by atoms with van der Waals surface area (Å²) in [6.07, 6.45) is 0. The fourth-order valence-electron chi connectivity index (χ4n) is 0.254. The third-order valence-electron chi connectivity index (χ3n) is 1.26. The summed E-state index contributed by atoms with van der Waals surface area (Å²) in [6.45, 7) is 10.5. The number of nitrogens with zero attached hydrogens (tertiary/aromatic N) is 1. The second kappa shape index (κ2) is 9.26. The maximum atomic E-state index is 10.4. The monoisotopic (exact) mass is 187 g/mol. The van der Waals surface area contributed by atoms with Crippen molar-refractivity contribution in [3.8, 4) is 0 Å². The first-order chi connectivity index (χ1) is 5.95. The van der Waals surface area contributed by atoms with Gasteiger partial charge in [-0.15, -0.1) is 0 Å². The summed E-state index contributed by atoms with van der Waals surface area (Å²) in [5.74, 6) is -0.312. The molecule has 78 valence electrons. The molecule has 0 aliphatic carbocycles. The second-order valence-electron chi connectivity index (χ2n) is 2.90. The van der Waals surface area contributed by atoms with E-state index < -0.39 is 0 Å². The van der Waals surface area contributed by atoms with Crippen LogP contribution in [0.4, 0.5) is 0 Å². The molecule has 0 rings (SSSR count). The van der Waals surface area contributed by atoms with Crippen LogP contribution in [0.5, 0.6) is 0 Å². The normalized spacial score (nSPS) is 8.77. The van der Waals surface area contributed by atoms with E-state index in [9.17, 15) is 4.79 Å². The minimum absolute atomic E-state index is 0.312. The van der Waals surface area contributed by atoms with Gasteiger partial charge in [0.15, 0.2) is 0 Å². The standard InChI is InChI=1S/C6H10O2.C4H11N/c1-4-8-6(7)5(2)3;1-4-5(2)3/h2,4H2,1,3H3;4H2,1-3H3. The summed E-state index contributed by atoms with van der Waals surface area (Å²) >= 11 is 0. The molecular weight excluding hydrogens is 166 g/mol. The maximum absolute atomic E-state index is 10.4. The predicted octanol–water partition coefficient (Wildman–Crippen LogP) is 1.69. The molecule has 0 saturated carbocycles. The molecule has 0 heterocycles. The fraction of sp³-hybridized carbons (Fsp3) is 0.700. The van der Waals surface area contributed by atoms with Crippen LogP contribution in [0.2, 0.25) is 0 Å². The zero-order valence-electron chi connectivity index (χ0n) is 9.39. The molecule has 3 nitrogen and oxygen atoms in total. The van der Waals surface area contributed by atoms with Crippen LogP contribution in [-0.4, -0.2) is 38.1 Å². The first-order valence-corrected chi connectivity index (χ1v) is 4.43. The number of rotatable bonds is 3. The van der Waals surface area contributed by atoms with Gasteiger partial charge in [0.2, 0.25) is 0 Å². The van der Waals surface area contributed by atoms with Gasteiger partial charge in [0.05, 0.1) is 6.61 Å². The van der Waals surface area contributed by atoms with Gasteiger partial charge in [0.25, 0.3) is 0 Å². The van der Waals surface area contributed by atoms with E-state index >= 15 is 0 Å². The molecule has 0 aromatic heterocycles. The largest absolute Gasteiger partial charge is 0.463 e. The van der Waals surface area contributed by atoms with Crippen molar-refractivity contribution in [2.75, 3.05) is 27.2 Å². The molecular formula is C10H21NO2. The van der Waals surface area contributed by atoms with E-state index in [2.05, 4.69) is 37.2 Å². The topological polar surface area (TPSA) is 29.5 Å². The lowest BCUT2D eigenvalue weighted by Gasteiger charge is -2.00. The Morgan fingerprint density at radius 1 is 1.38 bits per heavy atom. The van der Waals surface area contributed by atoms with Crippen LogP contribution in [0.3, 0.4) is 0 Å². The van der Waals surface area contributed by atoms with E-state index in [-0.39, 0.29) is 5.97 Å². The smallest absolute Gasteiger partial charge is 0.333 e. The molecule has 0 bridgehead atoms. The predicted molar refractivity (Wildman–Crippen MR) is 55.7 cm³/mol. The highest BCUT2D eigenvalue weighted by Crippen LogP contribution is 1.89. The van der Waals surface area contributed by atoms with Crippen molar-refractivity contribution >= 4 is 5.97 Å². The Morgan fingerprint density at radius 2 is 1.77 bits per heavy atom. The lowest BCUT2D eigenvalue weighted by atomic mass is 10.4. The number of hydrogen-bond donors (Lipinski definition) is 0. The van der Waals surface area contributed by atoms with Gasteiger partial charge in [0, 0.05) is 5.57 Å².